The molecule has 2 fully saturated rings. The van der Waals surface area contributed by atoms with Crippen LogP contribution in [-0.4, -0.2) is 81.1 Å². The van der Waals surface area contributed by atoms with Gasteiger partial charge in [0.1, 0.15) is 6.54 Å². The SMILES string of the molecule is CCOc1cc(/C=C2\SC(=O)N(CC(=O)Nc3ccccc3N3CCOCC3)C2=O)cc(Cl)c1OCC(=O)OC. The summed E-state index contributed by atoms with van der Waals surface area (Å²) in [4.78, 5) is 53.2. The van der Waals surface area contributed by atoms with Gasteiger partial charge >= 0.3 is 5.97 Å². The molecule has 2 heterocycles. The Bertz CT molecular complexity index is 1330. The fourth-order valence-corrected chi connectivity index (χ4v) is 5.16. The molecule has 0 atom stereocenters. The first-order valence-electron chi connectivity index (χ1n) is 12.4. The number of thioether (sulfide) groups is 1. The Morgan fingerprint density at radius 1 is 1.15 bits per heavy atom. The van der Waals surface area contributed by atoms with Gasteiger partial charge in [0.2, 0.25) is 5.91 Å². The van der Waals surface area contributed by atoms with Crippen molar-refractivity contribution in [3.05, 3.63) is 51.9 Å². The first-order chi connectivity index (χ1) is 19.3. The van der Waals surface area contributed by atoms with Crippen molar-refractivity contribution in [1.82, 2.24) is 4.90 Å². The van der Waals surface area contributed by atoms with Crippen molar-refractivity contribution < 1.29 is 38.1 Å². The van der Waals surface area contributed by atoms with Gasteiger partial charge in [-0.3, -0.25) is 19.3 Å². The van der Waals surface area contributed by atoms with E-state index in [4.69, 9.17) is 25.8 Å². The summed E-state index contributed by atoms with van der Waals surface area (Å²) in [5.74, 6) is -1.30. The van der Waals surface area contributed by atoms with Gasteiger partial charge in [0, 0.05) is 13.1 Å². The highest BCUT2D eigenvalue weighted by molar-refractivity contribution is 8.18. The highest BCUT2D eigenvalue weighted by Gasteiger charge is 2.36. The predicted octanol–water partition coefficient (Wildman–Crippen LogP) is 3.80. The number of rotatable bonds is 10. The molecule has 11 nitrogen and oxygen atoms in total. The van der Waals surface area contributed by atoms with Crippen LogP contribution in [0.2, 0.25) is 5.02 Å². The average Bonchev–Trinajstić information content (AvgIpc) is 3.20. The molecule has 2 aliphatic rings. The number of morpholine rings is 1. The number of anilines is 2. The monoisotopic (exact) mass is 589 g/mol. The molecule has 2 aromatic carbocycles. The van der Waals surface area contributed by atoms with Crippen LogP contribution in [0, 0.1) is 0 Å². The van der Waals surface area contributed by atoms with Crippen LogP contribution in [0.3, 0.4) is 0 Å². The molecular weight excluding hydrogens is 562 g/mol. The number of nitrogens with zero attached hydrogens (tertiary/aromatic N) is 2. The minimum atomic E-state index is -0.605. The van der Waals surface area contributed by atoms with Crippen molar-refractivity contribution in [1.29, 1.82) is 0 Å². The van der Waals surface area contributed by atoms with Crippen molar-refractivity contribution >= 4 is 63.8 Å². The second-order valence-corrected chi connectivity index (χ2v) is 9.96. The number of para-hydroxylation sites is 2. The van der Waals surface area contributed by atoms with Gasteiger partial charge in [0.05, 0.1) is 48.2 Å². The van der Waals surface area contributed by atoms with Crippen LogP contribution in [0.25, 0.3) is 6.08 Å². The third-order valence-electron chi connectivity index (χ3n) is 5.90. The lowest BCUT2D eigenvalue weighted by atomic mass is 10.1. The molecule has 0 aromatic heterocycles. The van der Waals surface area contributed by atoms with E-state index in [0.717, 1.165) is 22.3 Å². The molecule has 0 aliphatic carbocycles. The topological polar surface area (TPSA) is 124 Å². The number of carbonyl (C=O) groups excluding carboxylic acids is 4. The highest BCUT2D eigenvalue weighted by atomic mass is 35.5. The first-order valence-corrected chi connectivity index (χ1v) is 13.6. The summed E-state index contributed by atoms with van der Waals surface area (Å²) in [6, 6.07) is 10.4. The quantitative estimate of drug-likeness (QED) is 0.323. The van der Waals surface area contributed by atoms with Crippen molar-refractivity contribution in [2.24, 2.45) is 0 Å². The number of halogens is 1. The Labute approximate surface area is 240 Å². The fraction of sp³-hybridized carbons (Fsp3) is 0.333. The number of nitrogens with one attached hydrogen (secondary N) is 1. The molecule has 2 aromatic rings. The minimum absolute atomic E-state index is 0.119. The van der Waals surface area contributed by atoms with Crippen LogP contribution in [0.5, 0.6) is 11.5 Å². The maximum absolute atomic E-state index is 13.1. The van der Waals surface area contributed by atoms with E-state index >= 15 is 0 Å². The number of hydrogen-bond donors (Lipinski definition) is 1. The lowest BCUT2D eigenvalue weighted by Gasteiger charge is -2.30. The minimum Gasteiger partial charge on any atom is -0.490 e. The Morgan fingerprint density at radius 2 is 1.90 bits per heavy atom. The fourth-order valence-electron chi connectivity index (χ4n) is 4.04. The van der Waals surface area contributed by atoms with E-state index in [2.05, 4.69) is 15.0 Å². The van der Waals surface area contributed by atoms with E-state index < -0.39 is 29.6 Å². The van der Waals surface area contributed by atoms with Gasteiger partial charge in [-0.2, -0.15) is 0 Å². The summed E-state index contributed by atoms with van der Waals surface area (Å²) in [5.41, 5.74) is 1.90. The first kappa shape index (κ1) is 29.2. The zero-order chi connectivity index (χ0) is 28.6. The average molecular weight is 590 g/mol. The largest absolute Gasteiger partial charge is 0.490 e. The Hall–Kier alpha value is -3.74. The number of carbonyl (C=O) groups is 4. The van der Waals surface area contributed by atoms with Crippen molar-refractivity contribution in [3.63, 3.8) is 0 Å². The van der Waals surface area contributed by atoms with E-state index in [1.807, 2.05) is 12.1 Å². The zero-order valence-electron chi connectivity index (χ0n) is 21.9. The summed E-state index contributed by atoms with van der Waals surface area (Å²) in [6.45, 7) is 3.80. The van der Waals surface area contributed by atoms with Gasteiger partial charge in [-0.05, 0) is 54.6 Å². The number of amides is 3. The lowest BCUT2D eigenvalue weighted by molar-refractivity contribution is -0.143. The number of benzene rings is 2. The molecule has 0 spiro atoms. The predicted molar refractivity (Wildman–Crippen MR) is 151 cm³/mol. The molecule has 3 amide bonds. The van der Waals surface area contributed by atoms with Gasteiger partial charge in [-0.15, -0.1) is 0 Å². The number of methoxy groups -OCH3 is 1. The molecule has 40 heavy (non-hydrogen) atoms. The Balaban J connectivity index is 1.47. The maximum Gasteiger partial charge on any atom is 0.343 e. The number of esters is 1. The molecule has 0 saturated carbocycles. The van der Waals surface area contributed by atoms with Gasteiger partial charge in [0.15, 0.2) is 18.1 Å². The van der Waals surface area contributed by atoms with Crippen molar-refractivity contribution in [3.8, 4) is 11.5 Å². The summed E-state index contributed by atoms with van der Waals surface area (Å²) in [5, 5.41) is 2.39. The van der Waals surface area contributed by atoms with Crippen LogP contribution in [0.4, 0.5) is 16.2 Å². The number of hydrogen-bond acceptors (Lipinski definition) is 10. The lowest BCUT2D eigenvalue weighted by Crippen LogP contribution is -2.38. The second kappa shape index (κ2) is 13.6. The zero-order valence-corrected chi connectivity index (χ0v) is 23.5. The molecular formula is C27H28ClN3O8S. The van der Waals surface area contributed by atoms with Crippen LogP contribution < -0.4 is 19.7 Å². The van der Waals surface area contributed by atoms with Crippen LogP contribution >= 0.6 is 23.4 Å². The number of ether oxygens (including phenoxy) is 4. The van der Waals surface area contributed by atoms with Gasteiger partial charge in [0.25, 0.3) is 11.1 Å². The highest BCUT2D eigenvalue weighted by Crippen LogP contribution is 2.39. The molecule has 2 aliphatic heterocycles. The summed E-state index contributed by atoms with van der Waals surface area (Å²) in [7, 11) is 1.24. The molecule has 0 radical (unpaired) electrons. The van der Waals surface area contributed by atoms with E-state index in [9.17, 15) is 19.2 Å². The maximum atomic E-state index is 13.1. The van der Waals surface area contributed by atoms with E-state index in [-0.39, 0.29) is 34.6 Å². The normalized spacial score (nSPS) is 16.3. The van der Waals surface area contributed by atoms with Gasteiger partial charge < -0.3 is 29.2 Å². The second-order valence-electron chi connectivity index (χ2n) is 8.56. The van der Waals surface area contributed by atoms with Crippen LogP contribution in [0.15, 0.2) is 41.3 Å². The van der Waals surface area contributed by atoms with Crippen LogP contribution in [-0.2, 0) is 23.9 Å². The molecule has 4 rings (SSSR count). The third kappa shape index (κ3) is 7.06. The Kier molecular flexibility index (Phi) is 9.91. The molecule has 212 valence electrons. The van der Waals surface area contributed by atoms with E-state index in [1.54, 1.807) is 25.1 Å². The van der Waals surface area contributed by atoms with Crippen molar-refractivity contribution in [2.75, 3.05) is 63.4 Å². The molecule has 13 heteroatoms. The van der Waals surface area contributed by atoms with Gasteiger partial charge in [-0.25, -0.2) is 4.79 Å². The van der Waals surface area contributed by atoms with E-state index in [1.165, 1.54) is 19.3 Å². The molecule has 2 saturated heterocycles. The summed E-state index contributed by atoms with van der Waals surface area (Å²) < 4.78 is 21.0. The van der Waals surface area contributed by atoms with Gasteiger partial charge in [-0.1, -0.05) is 23.7 Å². The number of imide groups is 1. The smallest absolute Gasteiger partial charge is 0.343 e. The van der Waals surface area contributed by atoms with Crippen LogP contribution in [0.1, 0.15) is 12.5 Å². The molecule has 0 unspecified atom stereocenters. The summed E-state index contributed by atoms with van der Waals surface area (Å²) >= 11 is 7.09. The Morgan fingerprint density at radius 3 is 2.62 bits per heavy atom. The van der Waals surface area contributed by atoms with Crippen molar-refractivity contribution in [2.45, 2.75) is 6.92 Å². The third-order valence-corrected chi connectivity index (χ3v) is 7.08. The summed E-state index contributed by atoms with van der Waals surface area (Å²) in [6.07, 6.45) is 1.48. The standard InChI is InChI=1S/C27H28ClN3O8S/c1-3-38-21-13-17(12-18(28)25(21)39-16-24(33)36-2)14-22-26(34)31(27(35)40-22)15-23(32)29-19-6-4-5-7-20(19)30-8-10-37-11-9-30/h4-7,12-14H,3,8-11,15-16H2,1-2H3,(H,29,32)/b22-14-. The van der Waals surface area contributed by atoms with E-state index in [0.29, 0.717) is 37.6 Å². The molecule has 1 N–H and O–H groups in total. The molecule has 0 bridgehead atoms.